The minimum Gasteiger partial charge on any atom is -0.480 e. The number of amides is 6. The topological polar surface area (TPSA) is 280 Å². The van der Waals surface area contributed by atoms with Gasteiger partial charge in [-0.1, -0.05) is 0 Å². The Hall–Kier alpha value is -3.75. The lowest BCUT2D eigenvalue weighted by molar-refractivity contribution is -0.144. The zero-order valence-corrected chi connectivity index (χ0v) is 15.2. The molecular weight excluding hydrogens is 394 g/mol. The lowest BCUT2D eigenvalue weighted by Gasteiger charge is -2.23. The molecule has 0 aliphatic heterocycles. The van der Waals surface area contributed by atoms with E-state index in [1.54, 1.807) is 0 Å². The number of nitrogens with two attached hydrogens (primary N) is 4. The molecule has 162 valence electrons. The predicted octanol–water partition coefficient (Wildman–Crippen LogP) is -5.89. The molecule has 0 aromatic rings. The number of rotatable bonds is 13. The summed E-state index contributed by atoms with van der Waals surface area (Å²) in [5.74, 6) is -7.70. The number of carbonyl (C=O) groups is 7. The van der Waals surface area contributed by atoms with Gasteiger partial charge in [0.1, 0.15) is 18.1 Å². The van der Waals surface area contributed by atoms with Crippen molar-refractivity contribution in [3.63, 3.8) is 0 Å². The van der Waals surface area contributed by atoms with Gasteiger partial charge in [-0.2, -0.15) is 0 Å². The van der Waals surface area contributed by atoms with Crippen LogP contribution < -0.4 is 38.9 Å². The fourth-order valence-electron chi connectivity index (χ4n) is 2.02. The summed E-state index contributed by atoms with van der Waals surface area (Å²) in [5.41, 5.74) is 20.0. The lowest BCUT2D eigenvalue weighted by atomic mass is 10.1. The van der Waals surface area contributed by atoms with E-state index in [0.29, 0.717) is 0 Å². The molecule has 0 rings (SSSR count). The Balaban J connectivity index is 5.43. The van der Waals surface area contributed by atoms with Crippen molar-refractivity contribution < 1.29 is 38.7 Å². The molecule has 0 heterocycles. The van der Waals surface area contributed by atoms with E-state index in [2.05, 4.69) is 10.6 Å². The van der Waals surface area contributed by atoms with Gasteiger partial charge >= 0.3 is 5.97 Å². The van der Waals surface area contributed by atoms with Crippen molar-refractivity contribution in [3.05, 3.63) is 0 Å². The molecule has 12 N–H and O–H groups in total. The summed E-state index contributed by atoms with van der Waals surface area (Å²) >= 11 is 0. The number of nitrogens with one attached hydrogen (secondary N) is 3. The number of carboxylic acid groups (broad SMARTS) is 1. The molecule has 0 spiro atoms. The fourth-order valence-corrected chi connectivity index (χ4v) is 2.02. The van der Waals surface area contributed by atoms with Gasteiger partial charge in [-0.05, 0) is 0 Å². The van der Waals surface area contributed by atoms with Gasteiger partial charge in [0.2, 0.25) is 35.4 Å². The van der Waals surface area contributed by atoms with Crippen LogP contribution in [0, 0.1) is 0 Å². The van der Waals surface area contributed by atoms with Crippen LogP contribution in [0.1, 0.15) is 19.3 Å². The van der Waals surface area contributed by atoms with Crippen molar-refractivity contribution in [2.75, 3.05) is 6.54 Å². The monoisotopic (exact) mass is 417 g/mol. The van der Waals surface area contributed by atoms with Crippen LogP contribution in [0.5, 0.6) is 0 Å². The average molecular weight is 417 g/mol. The summed E-state index contributed by atoms with van der Waals surface area (Å²) in [6.07, 6.45) is -2.16. The van der Waals surface area contributed by atoms with Crippen LogP contribution in [-0.2, 0) is 33.6 Å². The molecule has 0 aromatic heterocycles. The highest BCUT2D eigenvalue weighted by Crippen LogP contribution is 2.00. The number of aliphatic carboxylic acids is 1. The maximum Gasteiger partial charge on any atom is 0.326 e. The first kappa shape index (κ1) is 25.2. The Labute approximate surface area is 163 Å². The first-order chi connectivity index (χ1) is 13.4. The Morgan fingerprint density at radius 2 is 1.00 bits per heavy atom. The largest absolute Gasteiger partial charge is 0.480 e. The third kappa shape index (κ3) is 10.2. The van der Waals surface area contributed by atoms with E-state index in [9.17, 15) is 33.6 Å². The van der Waals surface area contributed by atoms with Crippen LogP contribution in [0.2, 0.25) is 0 Å². The van der Waals surface area contributed by atoms with Gasteiger partial charge < -0.3 is 44.0 Å². The predicted molar refractivity (Wildman–Crippen MR) is 93.9 cm³/mol. The number of primary amides is 3. The summed E-state index contributed by atoms with van der Waals surface area (Å²) in [6, 6.07) is -4.93. The molecule has 6 amide bonds. The molecule has 0 saturated heterocycles. The van der Waals surface area contributed by atoms with E-state index < -0.39 is 85.3 Å². The van der Waals surface area contributed by atoms with E-state index in [-0.39, 0.29) is 0 Å². The molecule has 0 aromatic carbocycles. The number of carboxylic acids is 1. The van der Waals surface area contributed by atoms with E-state index in [4.69, 9.17) is 28.0 Å². The van der Waals surface area contributed by atoms with E-state index in [0.717, 1.165) is 0 Å². The number of hydrogen-bond acceptors (Lipinski definition) is 8. The minimum absolute atomic E-state index is 0.513. The second-order valence-electron chi connectivity index (χ2n) is 5.80. The van der Waals surface area contributed by atoms with Crippen LogP contribution in [0.15, 0.2) is 0 Å². The Morgan fingerprint density at radius 3 is 1.34 bits per heavy atom. The first-order valence-corrected chi connectivity index (χ1v) is 8.05. The van der Waals surface area contributed by atoms with Crippen molar-refractivity contribution in [2.45, 2.75) is 37.4 Å². The maximum atomic E-state index is 12.3. The normalized spacial score (nSPS) is 13.3. The van der Waals surface area contributed by atoms with Crippen LogP contribution in [0.3, 0.4) is 0 Å². The number of hydrogen-bond donors (Lipinski definition) is 8. The second-order valence-corrected chi connectivity index (χ2v) is 5.80. The van der Waals surface area contributed by atoms with Crippen molar-refractivity contribution in [1.29, 1.82) is 0 Å². The van der Waals surface area contributed by atoms with Crippen LogP contribution in [0.25, 0.3) is 0 Å². The van der Waals surface area contributed by atoms with Gasteiger partial charge in [-0.15, -0.1) is 0 Å². The van der Waals surface area contributed by atoms with Crippen LogP contribution in [0.4, 0.5) is 0 Å². The summed E-state index contributed by atoms with van der Waals surface area (Å²) < 4.78 is 0. The zero-order chi connectivity index (χ0) is 22.7. The molecule has 29 heavy (non-hydrogen) atoms. The molecule has 0 radical (unpaired) electrons. The van der Waals surface area contributed by atoms with E-state index in [1.807, 2.05) is 5.32 Å². The molecule has 0 aliphatic rings. The minimum atomic E-state index is -1.73. The molecule has 0 bridgehead atoms. The standard InChI is InChI=1S/C14H23N7O8/c15-4-11(25)19-5(1-8(16)22)12(26)20-6(2-9(17)23)13(27)21-7(14(28)29)3-10(18)24/h5-7H,1-4,15H2,(H2,16,22)(H2,17,23)(H2,18,24)(H,19,25)(H,20,26)(H,21,27)(H,28,29)/t5-,6-,7-/m0/s1. The van der Waals surface area contributed by atoms with Crippen molar-refractivity contribution in [1.82, 2.24) is 16.0 Å². The zero-order valence-electron chi connectivity index (χ0n) is 15.2. The highest BCUT2D eigenvalue weighted by atomic mass is 16.4. The maximum absolute atomic E-state index is 12.3. The smallest absolute Gasteiger partial charge is 0.326 e. The third-order valence-electron chi connectivity index (χ3n) is 3.30. The Morgan fingerprint density at radius 1 is 0.655 bits per heavy atom. The summed E-state index contributed by atoms with van der Waals surface area (Å²) in [4.78, 5) is 80.3. The molecule has 0 aliphatic carbocycles. The van der Waals surface area contributed by atoms with Gasteiger partial charge in [-0.25, -0.2) is 4.79 Å². The van der Waals surface area contributed by atoms with Gasteiger partial charge in [0.25, 0.3) is 0 Å². The highest BCUT2D eigenvalue weighted by molar-refractivity contribution is 5.97. The number of carbonyl (C=O) groups excluding carboxylic acids is 6. The lowest BCUT2D eigenvalue weighted by Crippen LogP contribution is -2.57. The molecular formula is C14H23N7O8. The summed E-state index contributed by atoms with van der Waals surface area (Å²) in [6.45, 7) is -0.513. The molecule has 15 nitrogen and oxygen atoms in total. The van der Waals surface area contributed by atoms with Crippen molar-refractivity contribution >= 4 is 41.4 Å². The van der Waals surface area contributed by atoms with Gasteiger partial charge in [0.05, 0.1) is 25.8 Å². The van der Waals surface area contributed by atoms with Crippen molar-refractivity contribution in [2.24, 2.45) is 22.9 Å². The molecule has 0 fully saturated rings. The fraction of sp³-hybridized carbons (Fsp3) is 0.500. The van der Waals surface area contributed by atoms with Crippen molar-refractivity contribution in [3.8, 4) is 0 Å². The third-order valence-corrected chi connectivity index (χ3v) is 3.30. The highest BCUT2D eigenvalue weighted by Gasteiger charge is 2.31. The summed E-state index contributed by atoms with van der Waals surface area (Å²) in [7, 11) is 0. The first-order valence-electron chi connectivity index (χ1n) is 8.05. The SMILES string of the molecule is NCC(=O)N[C@@H](CC(N)=O)C(=O)N[C@@H](CC(N)=O)C(=O)N[C@@H](CC(N)=O)C(=O)O. The Kier molecular flexibility index (Phi) is 10.3. The summed E-state index contributed by atoms with van der Waals surface area (Å²) in [5, 5.41) is 15.1. The molecule has 0 unspecified atom stereocenters. The van der Waals surface area contributed by atoms with Crippen LogP contribution in [-0.4, -0.2) is 71.2 Å². The Bertz CT molecular complexity index is 695. The quantitative estimate of drug-likeness (QED) is 0.141. The van der Waals surface area contributed by atoms with Gasteiger partial charge in [-0.3, -0.25) is 28.8 Å². The second kappa shape index (κ2) is 11.9. The molecule has 3 atom stereocenters. The molecule has 15 heteroatoms. The van der Waals surface area contributed by atoms with Gasteiger partial charge in [0.15, 0.2) is 0 Å². The van der Waals surface area contributed by atoms with E-state index >= 15 is 0 Å². The van der Waals surface area contributed by atoms with Crippen LogP contribution >= 0.6 is 0 Å². The molecule has 0 saturated carbocycles. The van der Waals surface area contributed by atoms with E-state index in [1.165, 1.54) is 0 Å². The van der Waals surface area contributed by atoms with Gasteiger partial charge in [0, 0.05) is 0 Å². The average Bonchev–Trinajstić information content (AvgIpc) is 2.58.